The normalized spacial score (nSPS) is 37.7. The van der Waals surface area contributed by atoms with Crippen LogP contribution in [0.4, 0.5) is 0 Å². The quantitative estimate of drug-likeness (QED) is 0.688. The fourth-order valence-electron chi connectivity index (χ4n) is 2.07. The average molecular weight is 201 g/mol. The molecule has 1 heterocycles. The third-order valence-corrected chi connectivity index (χ3v) is 2.99. The first-order chi connectivity index (χ1) is 6.85. The molecular weight excluding hydrogens is 182 g/mol. The molecule has 0 aromatic rings. The topological polar surface area (TPSA) is 39.7 Å². The summed E-state index contributed by atoms with van der Waals surface area (Å²) in [4.78, 5) is 0. The second kappa shape index (κ2) is 4.57. The molecule has 2 fully saturated rings. The summed E-state index contributed by atoms with van der Waals surface area (Å²) in [6, 6.07) is 0.977. The lowest BCUT2D eigenvalue weighted by Crippen LogP contribution is -2.64. The first-order valence-electron chi connectivity index (χ1n) is 5.33. The van der Waals surface area contributed by atoms with Crippen LogP contribution in [-0.2, 0) is 14.2 Å². The van der Waals surface area contributed by atoms with Crippen LogP contribution < -0.4 is 5.32 Å². The number of hydrogen-bond donors (Lipinski definition) is 1. The standard InChI is InChI=1S/C10H19NO3/c1-3-14-9-4-8(10(9)12-2)11-7-5-13-6-7/h7-11H,3-6H2,1-2H3. The molecule has 0 bridgehead atoms. The highest BCUT2D eigenvalue weighted by Gasteiger charge is 2.43. The molecule has 4 heteroatoms. The summed E-state index contributed by atoms with van der Waals surface area (Å²) in [5.41, 5.74) is 0. The van der Waals surface area contributed by atoms with Crippen molar-refractivity contribution in [3.05, 3.63) is 0 Å². The highest BCUT2D eigenvalue weighted by molar-refractivity contribution is 4.99. The van der Waals surface area contributed by atoms with Crippen LogP contribution in [0, 0.1) is 0 Å². The summed E-state index contributed by atoms with van der Waals surface area (Å²) in [6.45, 7) is 4.47. The second-order valence-corrected chi connectivity index (χ2v) is 3.94. The Labute approximate surface area is 84.9 Å². The van der Waals surface area contributed by atoms with E-state index < -0.39 is 0 Å². The van der Waals surface area contributed by atoms with Crippen molar-refractivity contribution in [1.29, 1.82) is 0 Å². The number of methoxy groups -OCH3 is 1. The van der Waals surface area contributed by atoms with E-state index in [4.69, 9.17) is 14.2 Å². The molecule has 1 aliphatic carbocycles. The second-order valence-electron chi connectivity index (χ2n) is 3.94. The smallest absolute Gasteiger partial charge is 0.0986 e. The van der Waals surface area contributed by atoms with E-state index in [0.717, 1.165) is 26.2 Å². The third kappa shape index (κ3) is 1.93. The van der Waals surface area contributed by atoms with Gasteiger partial charge in [-0.1, -0.05) is 0 Å². The van der Waals surface area contributed by atoms with E-state index in [0.29, 0.717) is 12.1 Å². The predicted octanol–water partition coefficient (Wildman–Crippen LogP) is 0.167. The van der Waals surface area contributed by atoms with Crippen molar-refractivity contribution in [1.82, 2.24) is 5.32 Å². The highest BCUT2D eigenvalue weighted by atomic mass is 16.5. The van der Waals surface area contributed by atoms with Gasteiger partial charge in [0.05, 0.1) is 31.5 Å². The van der Waals surface area contributed by atoms with Crippen molar-refractivity contribution in [2.24, 2.45) is 0 Å². The van der Waals surface area contributed by atoms with Crippen molar-refractivity contribution >= 4 is 0 Å². The van der Waals surface area contributed by atoms with Gasteiger partial charge in [-0.3, -0.25) is 0 Å². The van der Waals surface area contributed by atoms with Crippen molar-refractivity contribution in [2.75, 3.05) is 26.9 Å². The Morgan fingerprint density at radius 1 is 1.43 bits per heavy atom. The number of ether oxygens (including phenoxy) is 3. The zero-order valence-electron chi connectivity index (χ0n) is 8.86. The van der Waals surface area contributed by atoms with Crippen molar-refractivity contribution < 1.29 is 14.2 Å². The number of hydrogen-bond acceptors (Lipinski definition) is 4. The molecule has 82 valence electrons. The molecule has 0 aromatic carbocycles. The van der Waals surface area contributed by atoms with Crippen LogP contribution >= 0.6 is 0 Å². The largest absolute Gasteiger partial charge is 0.378 e. The maximum atomic E-state index is 5.55. The molecule has 2 aliphatic rings. The van der Waals surface area contributed by atoms with Gasteiger partial charge in [-0.15, -0.1) is 0 Å². The van der Waals surface area contributed by atoms with Gasteiger partial charge in [0.2, 0.25) is 0 Å². The minimum Gasteiger partial charge on any atom is -0.378 e. The lowest BCUT2D eigenvalue weighted by atomic mass is 9.84. The van der Waals surface area contributed by atoms with Crippen molar-refractivity contribution in [3.8, 4) is 0 Å². The van der Waals surface area contributed by atoms with Crippen molar-refractivity contribution in [3.63, 3.8) is 0 Å². The van der Waals surface area contributed by atoms with Crippen LogP contribution in [0.2, 0.25) is 0 Å². The fraction of sp³-hybridized carbons (Fsp3) is 1.00. The van der Waals surface area contributed by atoms with Crippen LogP contribution in [-0.4, -0.2) is 51.2 Å². The van der Waals surface area contributed by atoms with E-state index in [1.807, 2.05) is 6.92 Å². The van der Waals surface area contributed by atoms with Gasteiger partial charge in [-0.25, -0.2) is 0 Å². The molecule has 4 nitrogen and oxygen atoms in total. The van der Waals surface area contributed by atoms with Gasteiger partial charge in [0.15, 0.2) is 0 Å². The van der Waals surface area contributed by atoms with Crippen LogP contribution in [0.1, 0.15) is 13.3 Å². The van der Waals surface area contributed by atoms with Gasteiger partial charge in [-0.2, -0.15) is 0 Å². The Kier molecular flexibility index (Phi) is 3.38. The molecule has 0 spiro atoms. The van der Waals surface area contributed by atoms with Gasteiger partial charge < -0.3 is 19.5 Å². The van der Waals surface area contributed by atoms with Crippen LogP contribution in [0.25, 0.3) is 0 Å². The van der Waals surface area contributed by atoms with Gasteiger partial charge in [0.1, 0.15) is 0 Å². The van der Waals surface area contributed by atoms with Gasteiger partial charge in [-0.05, 0) is 13.3 Å². The summed E-state index contributed by atoms with van der Waals surface area (Å²) in [6.07, 6.45) is 1.56. The fourth-order valence-corrected chi connectivity index (χ4v) is 2.07. The molecule has 0 aromatic heterocycles. The SMILES string of the molecule is CCOC1CC(NC2COC2)C1OC. The first kappa shape index (κ1) is 10.4. The minimum atomic E-state index is 0.218. The zero-order valence-corrected chi connectivity index (χ0v) is 8.86. The Hall–Kier alpha value is -0.160. The molecule has 1 saturated heterocycles. The van der Waals surface area contributed by atoms with Crippen LogP contribution in [0.5, 0.6) is 0 Å². The van der Waals surface area contributed by atoms with E-state index in [1.165, 1.54) is 0 Å². The molecule has 1 saturated carbocycles. The zero-order chi connectivity index (χ0) is 9.97. The lowest BCUT2D eigenvalue weighted by Gasteiger charge is -2.46. The molecule has 1 N–H and O–H groups in total. The summed E-state index contributed by atoms with van der Waals surface area (Å²) in [7, 11) is 1.75. The molecule has 1 aliphatic heterocycles. The molecule has 3 atom stereocenters. The maximum absolute atomic E-state index is 5.55. The number of rotatable bonds is 5. The van der Waals surface area contributed by atoms with E-state index in [2.05, 4.69) is 5.32 Å². The highest BCUT2D eigenvalue weighted by Crippen LogP contribution is 2.27. The molecule has 2 rings (SSSR count). The monoisotopic (exact) mass is 201 g/mol. The molecule has 3 unspecified atom stereocenters. The summed E-state index contributed by atoms with van der Waals surface area (Å²) in [5.74, 6) is 0. The predicted molar refractivity (Wildman–Crippen MR) is 52.4 cm³/mol. The minimum absolute atomic E-state index is 0.218. The van der Waals surface area contributed by atoms with E-state index >= 15 is 0 Å². The molecular formula is C10H19NO3. The lowest BCUT2D eigenvalue weighted by molar-refractivity contribution is -0.141. The molecule has 0 amide bonds. The Morgan fingerprint density at radius 3 is 2.71 bits per heavy atom. The third-order valence-electron chi connectivity index (χ3n) is 2.99. The van der Waals surface area contributed by atoms with E-state index in [-0.39, 0.29) is 12.2 Å². The van der Waals surface area contributed by atoms with Gasteiger partial charge in [0.25, 0.3) is 0 Å². The summed E-state index contributed by atoms with van der Waals surface area (Å²) < 4.78 is 16.1. The average Bonchev–Trinajstić information content (AvgIpc) is 2.07. The van der Waals surface area contributed by atoms with Gasteiger partial charge >= 0.3 is 0 Å². The molecule has 0 radical (unpaired) electrons. The van der Waals surface area contributed by atoms with Crippen LogP contribution in [0.3, 0.4) is 0 Å². The molecule has 14 heavy (non-hydrogen) atoms. The van der Waals surface area contributed by atoms with E-state index in [1.54, 1.807) is 7.11 Å². The van der Waals surface area contributed by atoms with Crippen LogP contribution in [0.15, 0.2) is 0 Å². The Bertz CT molecular complexity index is 184. The summed E-state index contributed by atoms with van der Waals surface area (Å²) in [5, 5.41) is 3.51. The van der Waals surface area contributed by atoms with Gasteiger partial charge in [0, 0.05) is 19.8 Å². The number of nitrogens with one attached hydrogen (secondary N) is 1. The van der Waals surface area contributed by atoms with E-state index in [9.17, 15) is 0 Å². The summed E-state index contributed by atoms with van der Waals surface area (Å²) >= 11 is 0. The Morgan fingerprint density at radius 2 is 2.21 bits per heavy atom. The Balaban J connectivity index is 1.72. The van der Waals surface area contributed by atoms with Crippen molar-refractivity contribution in [2.45, 2.75) is 37.6 Å². The maximum Gasteiger partial charge on any atom is 0.0986 e. The first-order valence-corrected chi connectivity index (χ1v) is 5.33.